The summed E-state index contributed by atoms with van der Waals surface area (Å²) in [6.07, 6.45) is 0. The van der Waals surface area contributed by atoms with Crippen LogP contribution in [0.15, 0.2) is 83.8 Å². The molecule has 0 amide bonds. The highest BCUT2D eigenvalue weighted by Crippen LogP contribution is 2.31. The van der Waals surface area contributed by atoms with E-state index in [1.54, 1.807) is 0 Å². The van der Waals surface area contributed by atoms with Gasteiger partial charge in [-0.1, -0.05) is 54.1 Å². The smallest absolute Gasteiger partial charge is 0.243 e. The normalized spacial score (nSPS) is 16.5. The lowest BCUT2D eigenvalue weighted by atomic mass is 9.96. The first-order valence-corrected chi connectivity index (χ1v) is 11.9. The fourth-order valence-electron chi connectivity index (χ4n) is 3.95. The molecule has 31 heavy (non-hydrogen) atoms. The summed E-state index contributed by atoms with van der Waals surface area (Å²) in [6, 6.07) is 26.2. The maximum Gasteiger partial charge on any atom is 0.243 e. The van der Waals surface area contributed by atoms with Crippen molar-refractivity contribution < 1.29 is 8.42 Å². The van der Waals surface area contributed by atoms with Crippen LogP contribution in [0, 0.1) is 11.3 Å². The van der Waals surface area contributed by atoms with E-state index in [1.165, 1.54) is 28.6 Å². The Hall–Kier alpha value is -2.69. The van der Waals surface area contributed by atoms with Crippen LogP contribution in [0.25, 0.3) is 0 Å². The number of benzene rings is 3. The minimum absolute atomic E-state index is 0.0261. The lowest BCUT2D eigenvalue weighted by Gasteiger charge is -2.39. The SMILES string of the molecule is N#Cc1ccc(S(=O)(=O)N2CCN([C@H](c3ccccc3)c3ccc(Cl)cc3)CC2)cc1. The Morgan fingerprint density at radius 1 is 0.806 bits per heavy atom. The topological polar surface area (TPSA) is 64.4 Å². The molecule has 0 radical (unpaired) electrons. The Bertz CT molecular complexity index is 1170. The van der Waals surface area contributed by atoms with Crippen molar-refractivity contribution in [3.05, 3.63) is 101 Å². The van der Waals surface area contributed by atoms with Gasteiger partial charge in [-0.25, -0.2) is 8.42 Å². The average molecular weight is 452 g/mol. The molecule has 0 aromatic heterocycles. The van der Waals surface area contributed by atoms with E-state index in [0.29, 0.717) is 36.8 Å². The number of piperazine rings is 1. The van der Waals surface area contributed by atoms with Gasteiger partial charge in [-0.15, -0.1) is 0 Å². The van der Waals surface area contributed by atoms with Gasteiger partial charge < -0.3 is 0 Å². The van der Waals surface area contributed by atoms with Crippen LogP contribution in [-0.4, -0.2) is 43.8 Å². The summed E-state index contributed by atoms with van der Waals surface area (Å²) in [4.78, 5) is 2.53. The van der Waals surface area contributed by atoms with Crippen molar-refractivity contribution in [1.29, 1.82) is 5.26 Å². The molecule has 5 nitrogen and oxygen atoms in total. The van der Waals surface area contributed by atoms with E-state index in [-0.39, 0.29) is 10.9 Å². The first-order valence-electron chi connectivity index (χ1n) is 10.0. The third-order valence-electron chi connectivity index (χ3n) is 5.56. The van der Waals surface area contributed by atoms with Gasteiger partial charge in [-0.3, -0.25) is 4.90 Å². The summed E-state index contributed by atoms with van der Waals surface area (Å²) in [6.45, 7) is 2.02. The zero-order chi connectivity index (χ0) is 21.8. The summed E-state index contributed by atoms with van der Waals surface area (Å²) < 4.78 is 27.6. The number of nitrogens with zero attached hydrogens (tertiary/aromatic N) is 3. The van der Waals surface area contributed by atoms with Crippen LogP contribution in [0.4, 0.5) is 0 Å². The molecule has 0 unspecified atom stereocenters. The molecule has 3 aromatic rings. The van der Waals surface area contributed by atoms with Gasteiger partial charge in [-0.05, 0) is 47.5 Å². The second-order valence-corrected chi connectivity index (χ2v) is 9.82. The molecule has 0 N–H and O–H groups in total. The Morgan fingerprint density at radius 3 is 1.97 bits per heavy atom. The molecule has 4 rings (SSSR count). The molecule has 1 fully saturated rings. The molecule has 1 aliphatic heterocycles. The minimum atomic E-state index is -3.59. The van der Waals surface area contributed by atoms with Gasteiger partial charge in [0, 0.05) is 31.2 Å². The van der Waals surface area contributed by atoms with Gasteiger partial charge in [0.25, 0.3) is 0 Å². The minimum Gasteiger partial charge on any atom is -0.290 e. The molecule has 0 saturated carbocycles. The van der Waals surface area contributed by atoms with E-state index in [4.69, 9.17) is 16.9 Å². The van der Waals surface area contributed by atoms with Gasteiger partial charge in [0.1, 0.15) is 0 Å². The molecule has 1 saturated heterocycles. The third kappa shape index (κ3) is 4.65. The zero-order valence-electron chi connectivity index (χ0n) is 16.9. The van der Waals surface area contributed by atoms with Crippen molar-refractivity contribution in [3.8, 4) is 6.07 Å². The van der Waals surface area contributed by atoms with Crippen LogP contribution < -0.4 is 0 Å². The van der Waals surface area contributed by atoms with Crippen LogP contribution in [0.3, 0.4) is 0 Å². The first-order chi connectivity index (χ1) is 15.0. The van der Waals surface area contributed by atoms with Crippen LogP contribution in [0.5, 0.6) is 0 Å². The molecular weight excluding hydrogens is 430 g/mol. The largest absolute Gasteiger partial charge is 0.290 e. The maximum atomic E-state index is 13.1. The van der Waals surface area contributed by atoms with Crippen LogP contribution in [0.2, 0.25) is 5.02 Å². The van der Waals surface area contributed by atoms with Gasteiger partial charge >= 0.3 is 0 Å². The summed E-state index contributed by atoms with van der Waals surface area (Å²) >= 11 is 6.09. The molecule has 0 bridgehead atoms. The van der Waals surface area contributed by atoms with Gasteiger partial charge in [-0.2, -0.15) is 9.57 Å². The molecule has 3 aromatic carbocycles. The summed E-state index contributed by atoms with van der Waals surface area (Å²) in [5.74, 6) is 0. The molecule has 1 atom stereocenters. The summed E-state index contributed by atoms with van der Waals surface area (Å²) in [5, 5.41) is 9.63. The van der Waals surface area contributed by atoms with E-state index in [9.17, 15) is 8.42 Å². The van der Waals surface area contributed by atoms with Crippen LogP contribution >= 0.6 is 11.6 Å². The fourth-order valence-corrected chi connectivity index (χ4v) is 5.50. The molecule has 7 heteroatoms. The van der Waals surface area contributed by atoms with Gasteiger partial charge in [0.2, 0.25) is 10.0 Å². The Kier molecular flexibility index (Phi) is 6.40. The fraction of sp³-hybridized carbons (Fsp3) is 0.208. The van der Waals surface area contributed by atoms with Gasteiger partial charge in [0.15, 0.2) is 0 Å². The quantitative estimate of drug-likeness (QED) is 0.580. The van der Waals surface area contributed by atoms with Crippen LogP contribution in [0.1, 0.15) is 22.7 Å². The monoisotopic (exact) mass is 451 g/mol. The maximum absolute atomic E-state index is 13.1. The number of nitriles is 1. The second-order valence-electron chi connectivity index (χ2n) is 7.44. The van der Waals surface area contributed by atoms with Crippen molar-refractivity contribution in [2.24, 2.45) is 0 Å². The Balaban J connectivity index is 1.55. The van der Waals surface area contributed by atoms with E-state index >= 15 is 0 Å². The lowest BCUT2D eigenvalue weighted by molar-refractivity contribution is 0.156. The standard InChI is InChI=1S/C24H22ClN3O2S/c25-22-10-8-21(9-11-22)24(20-4-2-1-3-5-20)27-14-16-28(17-15-27)31(29,30)23-12-6-19(18-26)7-13-23/h1-13,24H,14-17H2/t24-/m1/s1. The zero-order valence-corrected chi connectivity index (χ0v) is 18.4. The van der Waals surface area contributed by atoms with Crippen molar-refractivity contribution in [2.45, 2.75) is 10.9 Å². The predicted molar refractivity (Wildman–Crippen MR) is 121 cm³/mol. The highest BCUT2D eigenvalue weighted by atomic mass is 35.5. The summed E-state index contributed by atoms with van der Waals surface area (Å²) in [7, 11) is -3.59. The predicted octanol–water partition coefficient (Wildman–Crippen LogP) is 4.31. The molecule has 1 heterocycles. The lowest BCUT2D eigenvalue weighted by Crippen LogP contribution is -2.49. The van der Waals surface area contributed by atoms with E-state index in [1.807, 2.05) is 48.5 Å². The molecule has 158 valence electrons. The molecular formula is C24H22ClN3O2S. The van der Waals surface area contributed by atoms with E-state index < -0.39 is 10.0 Å². The number of halogens is 1. The summed E-state index contributed by atoms with van der Waals surface area (Å²) in [5.41, 5.74) is 2.73. The Labute approximate surface area is 188 Å². The second kappa shape index (κ2) is 9.21. The highest BCUT2D eigenvalue weighted by molar-refractivity contribution is 7.89. The van der Waals surface area contributed by atoms with E-state index in [2.05, 4.69) is 17.0 Å². The third-order valence-corrected chi connectivity index (χ3v) is 7.73. The highest BCUT2D eigenvalue weighted by Gasteiger charge is 2.32. The average Bonchev–Trinajstić information content (AvgIpc) is 2.81. The molecule has 0 spiro atoms. The van der Waals surface area contributed by atoms with Crippen molar-refractivity contribution >= 4 is 21.6 Å². The first kappa shape index (κ1) is 21.5. The van der Waals surface area contributed by atoms with E-state index in [0.717, 1.165) is 11.1 Å². The molecule has 1 aliphatic rings. The Morgan fingerprint density at radius 2 is 1.39 bits per heavy atom. The van der Waals surface area contributed by atoms with Gasteiger partial charge in [0.05, 0.1) is 22.6 Å². The molecule has 0 aliphatic carbocycles. The van der Waals surface area contributed by atoms with Crippen molar-refractivity contribution in [3.63, 3.8) is 0 Å². The van der Waals surface area contributed by atoms with Crippen LogP contribution in [-0.2, 0) is 10.0 Å². The number of sulfonamides is 1. The number of rotatable bonds is 5. The number of hydrogen-bond donors (Lipinski definition) is 0. The van der Waals surface area contributed by atoms with Crippen molar-refractivity contribution in [2.75, 3.05) is 26.2 Å². The number of hydrogen-bond acceptors (Lipinski definition) is 4. The van der Waals surface area contributed by atoms with Crippen molar-refractivity contribution in [1.82, 2.24) is 9.21 Å².